The monoisotopic (exact) mass is 497 g/mol. The van der Waals surface area contributed by atoms with Crippen LogP contribution in [-0.4, -0.2) is 32.9 Å². The Morgan fingerprint density at radius 2 is 1.82 bits per heavy atom. The number of nitrogens with zero attached hydrogens (tertiary/aromatic N) is 2. The van der Waals surface area contributed by atoms with Gasteiger partial charge in [0.15, 0.2) is 6.61 Å². The lowest BCUT2D eigenvalue weighted by atomic mass is 10.1. The quantitative estimate of drug-likeness (QED) is 0.286. The number of aromatic amines is 1. The van der Waals surface area contributed by atoms with Crippen molar-refractivity contribution in [2.24, 2.45) is 0 Å². The predicted molar refractivity (Wildman–Crippen MR) is 131 cm³/mol. The Bertz CT molecular complexity index is 1470. The third kappa shape index (κ3) is 4.90. The minimum absolute atomic E-state index is 0.0170. The molecule has 7 nitrogen and oxygen atoms in total. The molecule has 0 aliphatic heterocycles. The summed E-state index contributed by atoms with van der Waals surface area (Å²) in [4.78, 5) is 44.2. The molecular weight excluding hydrogens is 477 g/mol. The van der Waals surface area contributed by atoms with Gasteiger partial charge in [0.2, 0.25) is 5.78 Å². The summed E-state index contributed by atoms with van der Waals surface area (Å²) in [6.07, 6.45) is 0.176. The molecule has 0 saturated carbocycles. The van der Waals surface area contributed by atoms with Gasteiger partial charge in [-0.1, -0.05) is 35.3 Å². The number of carbonyl (C=O) groups is 2. The molecular formula is C25H21Cl2N3O4. The SMILES string of the molecule is Cc1cc(C(=O)COC(=O)CCc2nc3ccccc3c(=O)[nH]2)c(C)n1-c1ccc(Cl)c(Cl)c1. The fraction of sp³-hybridized carbons (Fsp3) is 0.200. The number of H-pyrrole nitrogens is 1. The largest absolute Gasteiger partial charge is 0.457 e. The predicted octanol–water partition coefficient (Wildman–Crippen LogP) is 5.00. The molecule has 2 aromatic heterocycles. The second kappa shape index (κ2) is 9.83. The molecule has 0 aliphatic rings. The molecule has 0 saturated heterocycles. The molecule has 0 radical (unpaired) electrons. The van der Waals surface area contributed by atoms with Crippen LogP contribution >= 0.6 is 23.2 Å². The van der Waals surface area contributed by atoms with Crippen LogP contribution in [0.2, 0.25) is 10.0 Å². The first-order valence-electron chi connectivity index (χ1n) is 10.6. The molecule has 0 aliphatic carbocycles. The Morgan fingerprint density at radius 1 is 1.06 bits per heavy atom. The highest BCUT2D eigenvalue weighted by atomic mass is 35.5. The van der Waals surface area contributed by atoms with Crippen LogP contribution < -0.4 is 5.56 Å². The lowest BCUT2D eigenvalue weighted by molar-refractivity contribution is -0.142. The van der Waals surface area contributed by atoms with Gasteiger partial charge >= 0.3 is 5.97 Å². The van der Waals surface area contributed by atoms with Crippen molar-refractivity contribution in [1.82, 2.24) is 14.5 Å². The summed E-state index contributed by atoms with van der Waals surface area (Å²) in [5, 5.41) is 1.34. The van der Waals surface area contributed by atoms with E-state index in [1.54, 1.807) is 42.5 Å². The van der Waals surface area contributed by atoms with Gasteiger partial charge in [0.05, 0.1) is 27.4 Å². The highest BCUT2D eigenvalue weighted by molar-refractivity contribution is 6.42. The summed E-state index contributed by atoms with van der Waals surface area (Å²) in [5.41, 5.74) is 3.06. The van der Waals surface area contributed by atoms with Crippen LogP contribution in [0.4, 0.5) is 0 Å². The molecule has 0 spiro atoms. The Kier molecular flexibility index (Phi) is 6.86. The molecule has 4 aromatic rings. The molecule has 0 bridgehead atoms. The summed E-state index contributed by atoms with van der Waals surface area (Å²) in [6.45, 7) is 3.30. The van der Waals surface area contributed by atoms with Gasteiger partial charge in [0.25, 0.3) is 5.56 Å². The molecule has 0 fully saturated rings. The van der Waals surface area contributed by atoms with Crippen LogP contribution in [0, 0.1) is 13.8 Å². The number of halogens is 2. The van der Waals surface area contributed by atoms with E-state index in [1.807, 2.05) is 24.5 Å². The number of aryl methyl sites for hydroxylation is 2. The van der Waals surface area contributed by atoms with Crippen LogP contribution in [0.5, 0.6) is 0 Å². The highest BCUT2D eigenvalue weighted by Gasteiger charge is 2.19. The van der Waals surface area contributed by atoms with Gasteiger partial charge in [-0.05, 0) is 50.2 Å². The fourth-order valence-corrected chi connectivity index (χ4v) is 4.13. The number of benzene rings is 2. The normalized spacial score (nSPS) is 11.1. The number of ketones is 1. The number of carbonyl (C=O) groups excluding carboxylic acids is 2. The van der Waals surface area contributed by atoms with Gasteiger partial charge in [0.1, 0.15) is 5.82 Å². The van der Waals surface area contributed by atoms with Gasteiger partial charge in [-0.2, -0.15) is 0 Å². The average Bonchev–Trinajstić information content (AvgIpc) is 3.12. The first-order chi connectivity index (χ1) is 16.2. The molecule has 2 aromatic carbocycles. The van der Waals surface area contributed by atoms with Crippen LogP contribution in [0.1, 0.15) is 34.0 Å². The topological polar surface area (TPSA) is 94.1 Å². The lowest BCUT2D eigenvalue weighted by Crippen LogP contribution is -2.17. The number of para-hydroxylation sites is 1. The average molecular weight is 498 g/mol. The summed E-state index contributed by atoms with van der Waals surface area (Å²) in [7, 11) is 0. The first-order valence-corrected chi connectivity index (χ1v) is 11.3. The van der Waals surface area contributed by atoms with E-state index in [-0.39, 0.29) is 30.8 Å². The first kappa shape index (κ1) is 23.7. The molecule has 34 heavy (non-hydrogen) atoms. The van der Waals surface area contributed by atoms with E-state index in [1.165, 1.54) is 0 Å². The van der Waals surface area contributed by atoms with Gasteiger partial charge in [0, 0.05) is 29.1 Å². The van der Waals surface area contributed by atoms with Crippen molar-refractivity contribution in [2.45, 2.75) is 26.7 Å². The number of hydrogen-bond acceptors (Lipinski definition) is 5. The molecule has 0 atom stereocenters. The van der Waals surface area contributed by atoms with E-state index in [9.17, 15) is 14.4 Å². The van der Waals surface area contributed by atoms with E-state index in [0.717, 1.165) is 11.4 Å². The van der Waals surface area contributed by atoms with Gasteiger partial charge in [-0.15, -0.1) is 0 Å². The molecule has 4 rings (SSSR count). The maximum Gasteiger partial charge on any atom is 0.306 e. The molecule has 1 N–H and O–H groups in total. The number of Topliss-reactive ketones (excluding diaryl/α,β-unsaturated/α-hetero) is 1. The van der Waals surface area contributed by atoms with Gasteiger partial charge in [-0.3, -0.25) is 14.4 Å². The van der Waals surface area contributed by atoms with Crippen LogP contribution in [0.3, 0.4) is 0 Å². The third-order valence-electron chi connectivity index (χ3n) is 5.49. The molecule has 9 heteroatoms. The smallest absolute Gasteiger partial charge is 0.306 e. The zero-order valence-electron chi connectivity index (χ0n) is 18.5. The maximum atomic E-state index is 12.8. The third-order valence-corrected chi connectivity index (χ3v) is 6.22. The van der Waals surface area contributed by atoms with Crippen LogP contribution in [-0.2, 0) is 16.0 Å². The van der Waals surface area contributed by atoms with Crippen molar-refractivity contribution in [1.29, 1.82) is 0 Å². The van der Waals surface area contributed by atoms with Gasteiger partial charge in [-0.25, -0.2) is 4.98 Å². The maximum absolute atomic E-state index is 12.8. The minimum Gasteiger partial charge on any atom is -0.457 e. The van der Waals surface area contributed by atoms with Gasteiger partial charge < -0.3 is 14.3 Å². The van der Waals surface area contributed by atoms with Crippen molar-refractivity contribution in [3.05, 3.63) is 91.7 Å². The zero-order chi connectivity index (χ0) is 24.4. The summed E-state index contributed by atoms with van der Waals surface area (Å²) in [5.74, 6) is -0.482. The van der Waals surface area contributed by atoms with Crippen molar-refractivity contribution >= 4 is 45.9 Å². The van der Waals surface area contributed by atoms with E-state index in [0.29, 0.717) is 38.0 Å². The van der Waals surface area contributed by atoms with Crippen molar-refractivity contribution in [2.75, 3.05) is 6.61 Å². The molecule has 174 valence electrons. The lowest BCUT2D eigenvalue weighted by Gasteiger charge is -2.11. The number of hydrogen-bond donors (Lipinski definition) is 1. The van der Waals surface area contributed by atoms with E-state index in [2.05, 4.69) is 9.97 Å². The van der Waals surface area contributed by atoms with Crippen LogP contribution in [0.15, 0.2) is 53.3 Å². The second-order valence-electron chi connectivity index (χ2n) is 7.83. The zero-order valence-corrected chi connectivity index (χ0v) is 20.0. The standard InChI is InChI=1S/C25H21Cl2N3O4/c1-14-11-18(15(2)30(14)16-7-8-19(26)20(27)12-16)22(31)13-34-24(32)10-9-23-28-21-6-4-3-5-17(21)25(33)29-23/h3-8,11-12H,9-10,13H2,1-2H3,(H,28,29,33). The van der Waals surface area contributed by atoms with E-state index < -0.39 is 5.97 Å². The molecule has 2 heterocycles. The molecule has 0 unspecified atom stereocenters. The number of esters is 1. The van der Waals surface area contributed by atoms with E-state index >= 15 is 0 Å². The number of fused-ring (bicyclic) bond motifs is 1. The Morgan fingerprint density at radius 3 is 2.59 bits per heavy atom. The Hall–Kier alpha value is -3.42. The number of ether oxygens (including phenoxy) is 1. The van der Waals surface area contributed by atoms with Crippen molar-refractivity contribution in [3.63, 3.8) is 0 Å². The van der Waals surface area contributed by atoms with Crippen molar-refractivity contribution < 1.29 is 14.3 Å². The minimum atomic E-state index is -0.553. The second-order valence-corrected chi connectivity index (χ2v) is 8.65. The highest BCUT2D eigenvalue weighted by Crippen LogP contribution is 2.28. The fourth-order valence-electron chi connectivity index (χ4n) is 3.84. The number of nitrogens with one attached hydrogen (secondary N) is 1. The number of aromatic nitrogens is 3. The summed E-state index contributed by atoms with van der Waals surface area (Å²) < 4.78 is 7.07. The molecule has 0 amide bonds. The van der Waals surface area contributed by atoms with Crippen molar-refractivity contribution in [3.8, 4) is 5.69 Å². The number of rotatable bonds is 7. The summed E-state index contributed by atoms with van der Waals surface area (Å²) in [6, 6.07) is 13.9. The Labute approximate surface area is 205 Å². The Balaban J connectivity index is 1.39. The van der Waals surface area contributed by atoms with E-state index in [4.69, 9.17) is 27.9 Å². The summed E-state index contributed by atoms with van der Waals surface area (Å²) >= 11 is 12.1. The van der Waals surface area contributed by atoms with Crippen LogP contribution in [0.25, 0.3) is 16.6 Å².